The summed E-state index contributed by atoms with van der Waals surface area (Å²) < 4.78 is 0. The first-order valence-corrected chi connectivity index (χ1v) is 6.08. The Morgan fingerprint density at radius 1 is 1.33 bits per heavy atom. The minimum absolute atomic E-state index is 0.590. The highest BCUT2D eigenvalue weighted by Crippen LogP contribution is 2.38. The molecule has 0 unspecified atom stereocenters. The van der Waals surface area contributed by atoms with E-state index < -0.39 is 0 Å². The minimum Gasteiger partial charge on any atom is -0.311 e. The van der Waals surface area contributed by atoms with Gasteiger partial charge in [0.1, 0.15) is 5.15 Å². The van der Waals surface area contributed by atoms with Crippen molar-refractivity contribution in [2.24, 2.45) is 0 Å². The number of hydrogen-bond acceptors (Lipinski definition) is 2. The molecule has 2 aliphatic rings. The molecule has 0 aliphatic carbocycles. The van der Waals surface area contributed by atoms with E-state index in [1.54, 1.807) is 0 Å². The zero-order valence-corrected chi connectivity index (χ0v) is 9.37. The molecule has 2 bridgehead atoms. The summed E-state index contributed by atoms with van der Waals surface area (Å²) in [4.78, 5) is 4.18. The summed E-state index contributed by atoms with van der Waals surface area (Å²) in [5.41, 5.74) is 1.35. The monoisotopic (exact) mass is 222 g/mol. The van der Waals surface area contributed by atoms with E-state index in [2.05, 4.69) is 16.4 Å². The van der Waals surface area contributed by atoms with Crippen molar-refractivity contribution in [1.82, 2.24) is 10.3 Å². The van der Waals surface area contributed by atoms with Gasteiger partial charge in [0.05, 0.1) is 0 Å². The number of aromatic nitrogens is 1. The molecule has 0 amide bonds. The van der Waals surface area contributed by atoms with Crippen LogP contribution in [0.2, 0.25) is 5.15 Å². The van der Waals surface area contributed by atoms with E-state index in [4.69, 9.17) is 11.6 Å². The molecule has 80 valence electrons. The zero-order chi connectivity index (χ0) is 10.3. The lowest BCUT2D eigenvalue weighted by Crippen LogP contribution is -2.34. The average Bonchev–Trinajstić information content (AvgIpc) is 2.55. The Kier molecular flexibility index (Phi) is 2.41. The van der Waals surface area contributed by atoms with Crippen LogP contribution in [0.3, 0.4) is 0 Å². The van der Waals surface area contributed by atoms with Crippen molar-refractivity contribution in [1.29, 1.82) is 0 Å². The Labute approximate surface area is 95.0 Å². The summed E-state index contributed by atoms with van der Waals surface area (Å²) >= 11 is 5.80. The highest BCUT2D eigenvalue weighted by Gasteiger charge is 2.37. The molecule has 15 heavy (non-hydrogen) atoms. The second-order valence-electron chi connectivity index (χ2n) is 4.66. The van der Waals surface area contributed by atoms with Gasteiger partial charge in [-0.1, -0.05) is 24.1 Å². The number of nitrogens with one attached hydrogen (secondary N) is 1. The first-order chi connectivity index (χ1) is 7.33. The van der Waals surface area contributed by atoms with Crippen LogP contribution < -0.4 is 5.32 Å². The van der Waals surface area contributed by atoms with E-state index in [0.717, 1.165) is 6.04 Å². The SMILES string of the molecule is Clc1ccc([C@@H]2C[C@H]3CCC[C@@H]2N3)cn1. The lowest BCUT2D eigenvalue weighted by Gasteiger charge is -2.22. The third kappa shape index (κ3) is 1.77. The Hall–Kier alpha value is -0.600. The molecule has 2 aliphatic heterocycles. The van der Waals surface area contributed by atoms with Crippen LogP contribution in [0.1, 0.15) is 37.2 Å². The van der Waals surface area contributed by atoms with Crippen LogP contribution in [0, 0.1) is 0 Å². The third-order valence-corrected chi connectivity index (χ3v) is 3.94. The second-order valence-corrected chi connectivity index (χ2v) is 5.04. The molecule has 3 heteroatoms. The van der Waals surface area contributed by atoms with E-state index in [-0.39, 0.29) is 0 Å². The summed E-state index contributed by atoms with van der Waals surface area (Å²) in [6.07, 6.45) is 7.24. The summed E-state index contributed by atoms with van der Waals surface area (Å²) in [6, 6.07) is 5.44. The van der Waals surface area contributed by atoms with Crippen LogP contribution in [0.15, 0.2) is 18.3 Å². The van der Waals surface area contributed by atoms with Gasteiger partial charge in [-0.05, 0) is 30.9 Å². The molecule has 1 N–H and O–H groups in total. The van der Waals surface area contributed by atoms with E-state index in [0.29, 0.717) is 17.1 Å². The molecule has 3 rings (SSSR count). The van der Waals surface area contributed by atoms with Gasteiger partial charge in [-0.25, -0.2) is 4.98 Å². The maximum absolute atomic E-state index is 5.80. The number of nitrogens with zero attached hydrogens (tertiary/aromatic N) is 1. The van der Waals surface area contributed by atoms with Gasteiger partial charge in [0.25, 0.3) is 0 Å². The van der Waals surface area contributed by atoms with Crippen molar-refractivity contribution in [3.8, 4) is 0 Å². The molecular weight excluding hydrogens is 208 g/mol. The van der Waals surface area contributed by atoms with Crippen molar-refractivity contribution < 1.29 is 0 Å². The van der Waals surface area contributed by atoms with Crippen molar-refractivity contribution in [2.45, 2.75) is 43.7 Å². The molecule has 2 fully saturated rings. The fraction of sp³-hybridized carbons (Fsp3) is 0.583. The van der Waals surface area contributed by atoms with Gasteiger partial charge in [0.15, 0.2) is 0 Å². The Morgan fingerprint density at radius 3 is 3.00 bits per heavy atom. The minimum atomic E-state index is 0.590. The predicted octanol–water partition coefficient (Wildman–Crippen LogP) is 2.73. The molecule has 3 heterocycles. The van der Waals surface area contributed by atoms with Crippen LogP contribution in [0.25, 0.3) is 0 Å². The van der Waals surface area contributed by atoms with Crippen molar-refractivity contribution in [3.05, 3.63) is 29.0 Å². The largest absolute Gasteiger partial charge is 0.311 e. The molecule has 2 saturated heterocycles. The lowest BCUT2D eigenvalue weighted by molar-refractivity contribution is 0.397. The Balaban J connectivity index is 1.85. The fourth-order valence-corrected chi connectivity index (χ4v) is 3.11. The van der Waals surface area contributed by atoms with Gasteiger partial charge in [0, 0.05) is 24.2 Å². The lowest BCUT2D eigenvalue weighted by atomic mass is 9.92. The van der Waals surface area contributed by atoms with Crippen LogP contribution in [-0.4, -0.2) is 17.1 Å². The second kappa shape index (κ2) is 3.76. The first-order valence-electron chi connectivity index (χ1n) is 5.70. The van der Waals surface area contributed by atoms with Crippen molar-refractivity contribution in [3.63, 3.8) is 0 Å². The summed E-state index contributed by atoms with van der Waals surface area (Å²) in [5.74, 6) is 0.655. The highest BCUT2D eigenvalue weighted by atomic mass is 35.5. The van der Waals surface area contributed by atoms with E-state index in [1.807, 2.05) is 12.3 Å². The zero-order valence-electron chi connectivity index (χ0n) is 8.62. The fourth-order valence-electron chi connectivity index (χ4n) is 3.00. The topological polar surface area (TPSA) is 24.9 Å². The molecule has 0 saturated carbocycles. The van der Waals surface area contributed by atoms with Crippen LogP contribution >= 0.6 is 11.6 Å². The molecule has 0 radical (unpaired) electrons. The van der Waals surface area contributed by atoms with Gasteiger partial charge >= 0.3 is 0 Å². The number of halogens is 1. The quantitative estimate of drug-likeness (QED) is 0.740. The normalized spacial score (nSPS) is 34.3. The molecular formula is C12H15ClN2. The Morgan fingerprint density at radius 2 is 2.27 bits per heavy atom. The standard InChI is InChI=1S/C12H15ClN2/c13-12-5-4-8(7-14-12)10-6-9-2-1-3-11(10)15-9/h4-5,7,9-11,15H,1-3,6H2/t9-,10+,11+/m1/s1. The van der Waals surface area contributed by atoms with E-state index >= 15 is 0 Å². The van der Waals surface area contributed by atoms with E-state index in [1.165, 1.54) is 31.2 Å². The number of hydrogen-bond donors (Lipinski definition) is 1. The van der Waals surface area contributed by atoms with Gasteiger partial charge in [0.2, 0.25) is 0 Å². The predicted molar refractivity (Wildman–Crippen MR) is 61.2 cm³/mol. The summed E-state index contributed by atoms with van der Waals surface area (Å²) in [7, 11) is 0. The van der Waals surface area contributed by atoms with Crippen molar-refractivity contribution in [2.75, 3.05) is 0 Å². The molecule has 0 spiro atoms. The molecule has 2 nitrogen and oxygen atoms in total. The molecule has 1 aromatic heterocycles. The van der Waals surface area contributed by atoms with E-state index in [9.17, 15) is 0 Å². The molecule has 3 atom stereocenters. The average molecular weight is 223 g/mol. The maximum atomic E-state index is 5.80. The van der Waals surface area contributed by atoms with Gasteiger partial charge < -0.3 is 5.32 Å². The first kappa shape index (κ1) is 9.61. The number of piperidine rings is 1. The van der Waals surface area contributed by atoms with Crippen LogP contribution in [0.4, 0.5) is 0 Å². The van der Waals surface area contributed by atoms with Gasteiger partial charge in [-0.3, -0.25) is 0 Å². The van der Waals surface area contributed by atoms with Gasteiger partial charge in [-0.2, -0.15) is 0 Å². The maximum Gasteiger partial charge on any atom is 0.129 e. The summed E-state index contributed by atoms with van der Waals surface area (Å²) in [5, 5.41) is 4.28. The van der Waals surface area contributed by atoms with Crippen LogP contribution in [0.5, 0.6) is 0 Å². The Bertz CT molecular complexity index is 349. The number of rotatable bonds is 1. The van der Waals surface area contributed by atoms with Crippen molar-refractivity contribution >= 4 is 11.6 Å². The molecule has 1 aromatic rings. The smallest absolute Gasteiger partial charge is 0.129 e. The number of fused-ring (bicyclic) bond motifs is 2. The molecule has 0 aromatic carbocycles. The van der Waals surface area contributed by atoms with Gasteiger partial charge in [-0.15, -0.1) is 0 Å². The highest BCUT2D eigenvalue weighted by molar-refractivity contribution is 6.29. The number of pyridine rings is 1. The summed E-state index contributed by atoms with van der Waals surface area (Å²) in [6.45, 7) is 0. The van der Waals surface area contributed by atoms with Crippen LogP contribution in [-0.2, 0) is 0 Å². The third-order valence-electron chi connectivity index (χ3n) is 3.72.